The van der Waals surface area contributed by atoms with Crippen LogP contribution < -0.4 is 10.2 Å². The van der Waals surface area contributed by atoms with Crippen molar-refractivity contribution >= 4 is 5.97 Å². The summed E-state index contributed by atoms with van der Waals surface area (Å²) in [5.74, 6) is -2.28. The smallest absolute Gasteiger partial charge is 0.466 e. The molecule has 0 atom stereocenters. The Morgan fingerprint density at radius 1 is 1.38 bits per heavy atom. The van der Waals surface area contributed by atoms with Crippen LogP contribution in [0.3, 0.4) is 0 Å². The Balaban J connectivity index is 3.21. The molecular formula is C11H10F5NO4. The summed E-state index contributed by atoms with van der Waals surface area (Å²) in [6, 6.07) is 0.599. The number of aromatic amines is 1. The fourth-order valence-electron chi connectivity index (χ4n) is 1.46. The highest BCUT2D eigenvalue weighted by atomic mass is 19.4. The lowest BCUT2D eigenvalue weighted by Crippen LogP contribution is -2.23. The lowest BCUT2D eigenvalue weighted by atomic mass is 10.2. The fourth-order valence-corrected chi connectivity index (χ4v) is 1.46. The molecule has 0 spiro atoms. The van der Waals surface area contributed by atoms with Gasteiger partial charge in [-0.2, -0.15) is 0 Å². The van der Waals surface area contributed by atoms with Crippen molar-refractivity contribution in [1.82, 2.24) is 4.98 Å². The number of hydrogen-bond acceptors (Lipinski definition) is 4. The second-order valence-corrected chi connectivity index (χ2v) is 3.73. The molecule has 0 amide bonds. The van der Waals surface area contributed by atoms with Crippen molar-refractivity contribution in [2.24, 2.45) is 0 Å². The summed E-state index contributed by atoms with van der Waals surface area (Å²) in [5, 5.41) is 0. The van der Waals surface area contributed by atoms with E-state index in [-0.39, 0.29) is 12.3 Å². The number of ether oxygens (including phenoxy) is 2. The van der Waals surface area contributed by atoms with Gasteiger partial charge in [-0.3, -0.25) is 9.59 Å². The molecule has 0 unspecified atom stereocenters. The van der Waals surface area contributed by atoms with Gasteiger partial charge in [0.1, 0.15) is 5.56 Å². The Morgan fingerprint density at radius 3 is 2.48 bits per heavy atom. The van der Waals surface area contributed by atoms with Crippen molar-refractivity contribution in [3.8, 4) is 5.88 Å². The first kappa shape index (κ1) is 16.9. The van der Waals surface area contributed by atoms with Crippen molar-refractivity contribution in [3.05, 3.63) is 27.5 Å². The molecule has 1 heterocycles. The topological polar surface area (TPSA) is 68.4 Å². The average Bonchev–Trinajstić information content (AvgIpc) is 2.24. The molecular weight excluding hydrogens is 305 g/mol. The lowest BCUT2D eigenvalue weighted by Gasteiger charge is -2.13. The number of aromatic nitrogens is 1. The van der Waals surface area contributed by atoms with Crippen LogP contribution in [0.1, 0.15) is 24.6 Å². The number of nitrogens with one attached hydrogen (secondary N) is 1. The summed E-state index contributed by atoms with van der Waals surface area (Å²) >= 11 is 0. The van der Waals surface area contributed by atoms with Crippen molar-refractivity contribution in [1.29, 1.82) is 0 Å². The van der Waals surface area contributed by atoms with E-state index in [9.17, 15) is 31.5 Å². The van der Waals surface area contributed by atoms with Gasteiger partial charge < -0.3 is 14.5 Å². The van der Waals surface area contributed by atoms with E-state index < -0.39 is 42.1 Å². The molecule has 0 saturated heterocycles. The van der Waals surface area contributed by atoms with Crippen LogP contribution in [0.25, 0.3) is 0 Å². The molecule has 1 N–H and O–H groups in total. The number of carbonyl (C=O) groups excluding carboxylic acids is 1. The first-order chi connectivity index (χ1) is 9.64. The van der Waals surface area contributed by atoms with Gasteiger partial charge in [-0.05, 0) is 6.92 Å². The molecule has 0 fully saturated rings. The van der Waals surface area contributed by atoms with E-state index in [1.165, 1.54) is 6.92 Å². The first-order valence-electron chi connectivity index (χ1n) is 5.59. The normalized spacial score (nSPS) is 11.6. The number of pyridine rings is 1. The summed E-state index contributed by atoms with van der Waals surface area (Å²) in [4.78, 5) is 24.5. The van der Waals surface area contributed by atoms with Gasteiger partial charge in [-0.1, -0.05) is 0 Å². The second kappa shape index (κ2) is 6.55. The lowest BCUT2D eigenvalue weighted by molar-refractivity contribution is -0.276. The third-order valence-electron chi connectivity index (χ3n) is 2.17. The predicted molar refractivity (Wildman–Crippen MR) is 59.0 cm³/mol. The molecule has 21 heavy (non-hydrogen) atoms. The van der Waals surface area contributed by atoms with Crippen molar-refractivity contribution in [2.75, 3.05) is 6.61 Å². The van der Waals surface area contributed by atoms with Gasteiger partial charge in [0.05, 0.1) is 13.0 Å². The minimum atomic E-state index is -5.27. The second-order valence-electron chi connectivity index (χ2n) is 3.73. The molecule has 1 aromatic heterocycles. The number of H-pyrrole nitrogens is 1. The van der Waals surface area contributed by atoms with E-state index in [2.05, 4.69) is 9.47 Å². The van der Waals surface area contributed by atoms with E-state index in [1.807, 2.05) is 4.98 Å². The van der Waals surface area contributed by atoms with Crippen LogP contribution in [0.4, 0.5) is 22.0 Å². The quantitative estimate of drug-likeness (QED) is 0.669. The molecule has 1 aromatic rings. The van der Waals surface area contributed by atoms with E-state index in [1.54, 1.807) is 0 Å². The van der Waals surface area contributed by atoms with Gasteiger partial charge in [-0.15, -0.1) is 13.2 Å². The number of rotatable bonds is 5. The fraction of sp³-hybridized carbons (Fsp3) is 0.455. The predicted octanol–water partition coefficient (Wildman–Crippen LogP) is 2.32. The number of halogens is 5. The van der Waals surface area contributed by atoms with Gasteiger partial charge >= 0.3 is 12.3 Å². The summed E-state index contributed by atoms with van der Waals surface area (Å²) < 4.78 is 69.6. The Morgan fingerprint density at radius 2 is 2.00 bits per heavy atom. The van der Waals surface area contributed by atoms with Crippen LogP contribution in [0.5, 0.6) is 5.88 Å². The molecule has 0 radical (unpaired) electrons. The first-order valence-corrected chi connectivity index (χ1v) is 5.59. The zero-order valence-electron chi connectivity index (χ0n) is 10.6. The molecule has 10 heteroatoms. The molecule has 0 saturated carbocycles. The molecule has 5 nitrogen and oxygen atoms in total. The average molecular weight is 315 g/mol. The molecule has 0 aliphatic heterocycles. The SMILES string of the molecule is CCOC(=O)Cc1cc(=O)c(C(F)F)c(OC(F)(F)F)[nH]1. The molecule has 0 aliphatic rings. The van der Waals surface area contributed by atoms with Gasteiger partial charge in [0, 0.05) is 11.8 Å². The molecule has 118 valence electrons. The van der Waals surface area contributed by atoms with Crippen LogP contribution >= 0.6 is 0 Å². The largest absolute Gasteiger partial charge is 0.574 e. The van der Waals surface area contributed by atoms with Crippen LogP contribution in [-0.2, 0) is 16.0 Å². The highest BCUT2D eigenvalue weighted by Gasteiger charge is 2.35. The van der Waals surface area contributed by atoms with Gasteiger partial charge in [-0.25, -0.2) is 8.78 Å². The highest BCUT2D eigenvalue weighted by molar-refractivity contribution is 5.72. The third kappa shape index (κ3) is 5.04. The zero-order chi connectivity index (χ0) is 16.2. The Labute approximate surface area is 114 Å². The monoisotopic (exact) mass is 315 g/mol. The summed E-state index contributed by atoms with van der Waals surface area (Å²) in [5.41, 5.74) is -3.16. The van der Waals surface area contributed by atoms with Crippen molar-refractivity contribution in [3.63, 3.8) is 0 Å². The maximum absolute atomic E-state index is 12.6. The van der Waals surface area contributed by atoms with Crippen LogP contribution in [0.2, 0.25) is 0 Å². The number of esters is 1. The van der Waals surface area contributed by atoms with E-state index in [0.29, 0.717) is 6.07 Å². The molecule has 0 aromatic carbocycles. The van der Waals surface area contributed by atoms with Gasteiger partial charge in [0.2, 0.25) is 5.88 Å². The minimum absolute atomic E-state index is 0.0179. The summed E-state index contributed by atoms with van der Waals surface area (Å²) in [6.07, 6.45) is -9.32. The Hall–Kier alpha value is -2.13. The minimum Gasteiger partial charge on any atom is -0.466 e. The van der Waals surface area contributed by atoms with Crippen LogP contribution in [0, 0.1) is 0 Å². The number of alkyl halides is 5. The standard InChI is InChI=1S/C11H10F5NO4/c1-2-20-7(19)4-5-3-6(18)8(9(12)13)10(17-5)21-11(14,15)16/h3,9H,2,4H2,1H3,(H,17,18). The van der Waals surface area contributed by atoms with E-state index in [4.69, 9.17) is 0 Å². The maximum atomic E-state index is 12.6. The maximum Gasteiger partial charge on any atom is 0.574 e. The Bertz CT molecular complexity index is 567. The van der Waals surface area contributed by atoms with Crippen LogP contribution in [-0.4, -0.2) is 23.9 Å². The Kier molecular flexibility index (Phi) is 5.28. The molecule has 0 aliphatic carbocycles. The van der Waals surface area contributed by atoms with Crippen LogP contribution in [0.15, 0.2) is 10.9 Å². The zero-order valence-corrected chi connectivity index (χ0v) is 10.6. The summed E-state index contributed by atoms with van der Waals surface area (Å²) in [7, 11) is 0. The molecule has 1 rings (SSSR count). The third-order valence-corrected chi connectivity index (χ3v) is 2.17. The molecule has 0 bridgehead atoms. The van der Waals surface area contributed by atoms with E-state index >= 15 is 0 Å². The number of carbonyl (C=O) groups is 1. The summed E-state index contributed by atoms with van der Waals surface area (Å²) in [6.45, 7) is 1.52. The number of hydrogen-bond donors (Lipinski definition) is 1. The van der Waals surface area contributed by atoms with Crippen molar-refractivity contribution in [2.45, 2.75) is 26.1 Å². The van der Waals surface area contributed by atoms with Gasteiger partial charge in [0.15, 0.2) is 5.43 Å². The van der Waals surface area contributed by atoms with Gasteiger partial charge in [0.25, 0.3) is 6.43 Å². The van der Waals surface area contributed by atoms with Crippen molar-refractivity contribution < 1.29 is 36.2 Å². The highest BCUT2D eigenvalue weighted by Crippen LogP contribution is 2.29. The van der Waals surface area contributed by atoms with E-state index in [0.717, 1.165) is 0 Å².